The number of amides is 2. The Morgan fingerprint density at radius 2 is 1.94 bits per heavy atom. The second-order valence-electron chi connectivity index (χ2n) is 7.57. The number of hydrogen-bond donors (Lipinski definition) is 3. The first-order valence-corrected chi connectivity index (χ1v) is 10.4. The minimum absolute atomic E-state index is 0.0880. The SMILES string of the molecule is Cn1ncc(NC(=O)C2CC=CCC2C(=O)c2ccc(-c3ccn[nH]3)cc2Cl)c1C(N)=O. The van der Waals surface area contributed by atoms with E-state index >= 15 is 0 Å². The van der Waals surface area contributed by atoms with Crippen LogP contribution in [0.25, 0.3) is 11.3 Å². The molecule has 0 spiro atoms. The van der Waals surface area contributed by atoms with E-state index in [9.17, 15) is 14.4 Å². The van der Waals surface area contributed by atoms with E-state index < -0.39 is 17.7 Å². The van der Waals surface area contributed by atoms with Crippen molar-refractivity contribution >= 4 is 34.9 Å². The van der Waals surface area contributed by atoms with Gasteiger partial charge in [-0.15, -0.1) is 0 Å². The number of ketones is 1. The van der Waals surface area contributed by atoms with Gasteiger partial charge in [0.1, 0.15) is 5.69 Å². The number of nitrogens with two attached hydrogens (primary N) is 1. The van der Waals surface area contributed by atoms with Crippen molar-refractivity contribution < 1.29 is 14.4 Å². The van der Waals surface area contributed by atoms with Gasteiger partial charge in [-0.1, -0.05) is 29.8 Å². The van der Waals surface area contributed by atoms with Crippen LogP contribution >= 0.6 is 11.6 Å². The molecular formula is C22H21ClN6O3. The van der Waals surface area contributed by atoms with E-state index in [0.29, 0.717) is 23.4 Å². The standard InChI is InChI=1S/C22H21ClN6O3/c1-29-19(21(24)31)18(11-26-29)27-22(32)14-5-3-2-4-13(14)20(30)15-7-6-12(10-16(15)23)17-8-9-25-28-17/h2-3,6-11,13-14H,4-5H2,1H3,(H2,24,31)(H,25,28)(H,27,32). The molecule has 1 aliphatic rings. The number of nitrogens with one attached hydrogen (secondary N) is 2. The smallest absolute Gasteiger partial charge is 0.269 e. The summed E-state index contributed by atoms with van der Waals surface area (Å²) in [5.41, 5.74) is 7.64. The molecule has 1 aliphatic carbocycles. The molecule has 10 heteroatoms. The van der Waals surface area contributed by atoms with Gasteiger partial charge in [-0.3, -0.25) is 24.2 Å². The van der Waals surface area contributed by atoms with Crippen LogP contribution in [-0.4, -0.2) is 37.6 Å². The second kappa shape index (κ2) is 8.80. The molecule has 9 nitrogen and oxygen atoms in total. The fourth-order valence-electron chi connectivity index (χ4n) is 3.94. The van der Waals surface area contributed by atoms with E-state index in [1.807, 2.05) is 12.2 Å². The third kappa shape index (κ3) is 4.06. The van der Waals surface area contributed by atoms with Crippen molar-refractivity contribution in [1.82, 2.24) is 20.0 Å². The highest BCUT2D eigenvalue weighted by molar-refractivity contribution is 6.34. The Labute approximate surface area is 188 Å². The molecule has 2 unspecified atom stereocenters. The number of primary amides is 1. The number of hydrogen-bond acceptors (Lipinski definition) is 5. The third-order valence-corrected chi connectivity index (χ3v) is 5.89. The maximum atomic E-state index is 13.4. The van der Waals surface area contributed by atoms with E-state index in [-0.39, 0.29) is 23.1 Å². The van der Waals surface area contributed by atoms with Gasteiger partial charge in [0.2, 0.25) is 5.91 Å². The Kier molecular flexibility index (Phi) is 5.91. The number of carbonyl (C=O) groups excluding carboxylic acids is 3. The molecule has 4 N–H and O–H groups in total. The van der Waals surface area contributed by atoms with Gasteiger partial charge in [0, 0.05) is 30.3 Å². The number of nitrogens with zero attached hydrogens (tertiary/aromatic N) is 3. The summed E-state index contributed by atoms with van der Waals surface area (Å²) >= 11 is 6.44. The zero-order valence-corrected chi connectivity index (χ0v) is 18.0. The maximum absolute atomic E-state index is 13.4. The third-order valence-electron chi connectivity index (χ3n) is 5.58. The number of halogens is 1. The Morgan fingerprint density at radius 3 is 2.59 bits per heavy atom. The molecular weight excluding hydrogens is 432 g/mol. The van der Waals surface area contributed by atoms with Gasteiger partial charge in [-0.2, -0.15) is 10.2 Å². The van der Waals surface area contributed by atoms with Crippen molar-refractivity contribution in [2.24, 2.45) is 24.6 Å². The summed E-state index contributed by atoms with van der Waals surface area (Å²) in [6, 6.07) is 6.96. The number of H-pyrrole nitrogens is 1. The Hall–Kier alpha value is -3.72. The molecule has 4 rings (SSSR count). The average molecular weight is 453 g/mol. The molecule has 164 valence electrons. The summed E-state index contributed by atoms with van der Waals surface area (Å²) in [5.74, 6) is -2.52. The highest BCUT2D eigenvalue weighted by atomic mass is 35.5. The number of Topliss-reactive ketones (excluding diaryl/α,β-unsaturated/α-hetero) is 1. The molecule has 0 fully saturated rings. The number of benzene rings is 1. The van der Waals surface area contributed by atoms with Crippen molar-refractivity contribution in [3.8, 4) is 11.3 Å². The molecule has 32 heavy (non-hydrogen) atoms. The average Bonchev–Trinajstić information content (AvgIpc) is 3.43. The Balaban J connectivity index is 1.57. The van der Waals surface area contributed by atoms with Gasteiger partial charge in [0.25, 0.3) is 5.91 Å². The summed E-state index contributed by atoms with van der Waals surface area (Å²) in [7, 11) is 1.56. The highest BCUT2D eigenvalue weighted by Crippen LogP contribution is 2.33. The largest absolute Gasteiger partial charge is 0.364 e. The lowest BCUT2D eigenvalue weighted by Gasteiger charge is -2.27. The lowest BCUT2D eigenvalue weighted by molar-refractivity contribution is -0.121. The first-order valence-electron chi connectivity index (χ1n) is 9.98. The minimum atomic E-state index is -0.708. The van der Waals surface area contributed by atoms with E-state index in [2.05, 4.69) is 20.6 Å². The van der Waals surface area contributed by atoms with Crippen molar-refractivity contribution in [2.75, 3.05) is 5.32 Å². The van der Waals surface area contributed by atoms with Crippen LogP contribution in [0.4, 0.5) is 5.69 Å². The number of aryl methyl sites for hydroxylation is 1. The molecule has 0 saturated carbocycles. The van der Waals surface area contributed by atoms with E-state index in [1.165, 1.54) is 10.9 Å². The predicted molar refractivity (Wildman–Crippen MR) is 119 cm³/mol. The molecule has 0 radical (unpaired) electrons. The van der Waals surface area contributed by atoms with Crippen LogP contribution in [0.1, 0.15) is 33.7 Å². The zero-order valence-electron chi connectivity index (χ0n) is 17.2. The summed E-state index contributed by atoms with van der Waals surface area (Å²) in [6.45, 7) is 0. The Bertz CT molecular complexity index is 1210. The summed E-state index contributed by atoms with van der Waals surface area (Å²) < 4.78 is 1.29. The lowest BCUT2D eigenvalue weighted by atomic mass is 9.77. The highest BCUT2D eigenvalue weighted by Gasteiger charge is 2.36. The number of rotatable bonds is 6. The number of aromatic nitrogens is 4. The van der Waals surface area contributed by atoms with Gasteiger partial charge in [0.05, 0.1) is 28.5 Å². The summed E-state index contributed by atoms with van der Waals surface area (Å²) in [6.07, 6.45) is 7.54. The van der Waals surface area contributed by atoms with Crippen LogP contribution in [0.5, 0.6) is 0 Å². The number of carbonyl (C=O) groups is 3. The molecule has 0 aliphatic heterocycles. The molecule has 1 aromatic carbocycles. The van der Waals surface area contributed by atoms with Gasteiger partial charge in [-0.25, -0.2) is 0 Å². The van der Waals surface area contributed by atoms with Crippen LogP contribution in [0.2, 0.25) is 5.02 Å². The normalized spacial score (nSPS) is 17.8. The number of allylic oxidation sites excluding steroid dienone is 2. The molecule has 0 saturated heterocycles. The molecule has 2 heterocycles. The van der Waals surface area contributed by atoms with Crippen LogP contribution in [-0.2, 0) is 11.8 Å². The first kappa shape index (κ1) is 21.5. The van der Waals surface area contributed by atoms with Crippen LogP contribution in [0, 0.1) is 11.8 Å². The molecule has 3 aromatic rings. The van der Waals surface area contributed by atoms with E-state index in [1.54, 1.807) is 37.5 Å². The zero-order chi connectivity index (χ0) is 22.8. The molecule has 2 aromatic heterocycles. The van der Waals surface area contributed by atoms with Crippen LogP contribution in [0.3, 0.4) is 0 Å². The lowest BCUT2D eigenvalue weighted by Crippen LogP contribution is -2.35. The van der Waals surface area contributed by atoms with Gasteiger partial charge in [0.15, 0.2) is 5.78 Å². The van der Waals surface area contributed by atoms with E-state index in [4.69, 9.17) is 17.3 Å². The fourth-order valence-corrected chi connectivity index (χ4v) is 4.21. The number of aromatic amines is 1. The summed E-state index contributed by atoms with van der Waals surface area (Å²) in [4.78, 5) is 38.1. The van der Waals surface area contributed by atoms with Crippen molar-refractivity contribution in [1.29, 1.82) is 0 Å². The first-order chi connectivity index (χ1) is 15.4. The molecule has 2 atom stereocenters. The van der Waals surface area contributed by atoms with E-state index in [0.717, 1.165) is 11.3 Å². The molecule has 2 amide bonds. The Morgan fingerprint density at radius 1 is 1.19 bits per heavy atom. The minimum Gasteiger partial charge on any atom is -0.364 e. The predicted octanol–water partition coefficient (Wildman–Crippen LogP) is 2.97. The topological polar surface area (TPSA) is 136 Å². The summed E-state index contributed by atoms with van der Waals surface area (Å²) in [5, 5.41) is 13.8. The maximum Gasteiger partial charge on any atom is 0.269 e. The monoisotopic (exact) mass is 452 g/mol. The number of anilines is 1. The van der Waals surface area contributed by atoms with Gasteiger partial charge < -0.3 is 11.1 Å². The second-order valence-corrected chi connectivity index (χ2v) is 7.98. The van der Waals surface area contributed by atoms with Crippen LogP contribution < -0.4 is 11.1 Å². The van der Waals surface area contributed by atoms with Gasteiger partial charge in [-0.05, 0) is 31.0 Å². The van der Waals surface area contributed by atoms with Crippen molar-refractivity contribution in [3.05, 3.63) is 65.1 Å². The quantitative estimate of drug-likeness (QED) is 0.390. The fraction of sp³-hybridized carbons (Fsp3) is 0.227. The molecule has 0 bridgehead atoms. The van der Waals surface area contributed by atoms with Crippen LogP contribution in [0.15, 0.2) is 48.8 Å². The van der Waals surface area contributed by atoms with Gasteiger partial charge >= 0.3 is 0 Å². The van der Waals surface area contributed by atoms with Crippen molar-refractivity contribution in [3.63, 3.8) is 0 Å². The van der Waals surface area contributed by atoms with Crippen molar-refractivity contribution in [2.45, 2.75) is 12.8 Å².